The normalized spacial score (nSPS) is 12.1. The summed E-state index contributed by atoms with van der Waals surface area (Å²) in [7, 11) is -3.55. The molecule has 0 radical (unpaired) electrons. The lowest BCUT2D eigenvalue weighted by atomic mass is 10.2. The van der Waals surface area contributed by atoms with Crippen LogP contribution in [0.5, 0.6) is 5.75 Å². The van der Waals surface area contributed by atoms with Gasteiger partial charge in [-0.25, -0.2) is 8.42 Å². The number of benzene rings is 1. The number of aromatic nitrogens is 3. The summed E-state index contributed by atoms with van der Waals surface area (Å²) in [4.78, 5) is 0.215. The molecule has 156 valence electrons. The van der Waals surface area contributed by atoms with Gasteiger partial charge in [-0.2, -0.15) is 4.31 Å². The van der Waals surface area contributed by atoms with E-state index < -0.39 is 10.0 Å². The molecule has 0 unspecified atom stereocenters. The van der Waals surface area contributed by atoms with Crippen molar-refractivity contribution in [3.8, 4) is 5.75 Å². The highest BCUT2D eigenvalue weighted by atomic mass is 32.2. The Morgan fingerprint density at radius 3 is 2.38 bits per heavy atom. The average Bonchev–Trinajstić information content (AvgIpc) is 3.10. The first-order valence-electron chi connectivity index (χ1n) is 9.69. The summed E-state index contributed by atoms with van der Waals surface area (Å²) in [6.45, 7) is 8.98. The van der Waals surface area contributed by atoms with Gasteiger partial charge in [0, 0.05) is 25.8 Å². The van der Waals surface area contributed by atoms with Gasteiger partial charge in [-0.1, -0.05) is 26.0 Å². The zero-order valence-corrected chi connectivity index (χ0v) is 18.0. The van der Waals surface area contributed by atoms with Gasteiger partial charge in [0.05, 0.1) is 11.0 Å². The van der Waals surface area contributed by atoms with Gasteiger partial charge < -0.3 is 10.1 Å². The number of sulfonamides is 1. The van der Waals surface area contributed by atoms with Crippen LogP contribution in [0.1, 0.15) is 33.3 Å². The maximum Gasteiger partial charge on any atom is 0.244 e. The largest absolute Gasteiger partial charge is 0.491 e. The first kappa shape index (κ1) is 21.1. The quantitative estimate of drug-likeness (QED) is 0.575. The smallest absolute Gasteiger partial charge is 0.244 e. The van der Waals surface area contributed by atoms with E-state index in [2.05, 4.69) is 15.5 Å². The van der Waals surface area contributed by atoms with E-state index in [9.17, 15) is 8.42 Å². The fourth-order valence-electron chi connectivity index (χ4n) is 3.00. The molecule has 2 aromatic heterocycles. The predicted octanol–water partition coefficient (Wildman–Crippen LogP) is 3.16. The number of nitrogens with one attached hydrogen (secondary N) is 1. The Bertz CT molecular complexity index is 1060. The Labute approximate surface area is 171 Å². The molecule has 0 aliphatic rings. The van der Waals surface area contributed by atoms with Crippen molar-refractivity contribution in [3.63, 3.8) is 0 Å². The molecular formula is C20H27N5O3S. The molecule has 1 N–H and O–H groups in total. The Morgan fingerprint density at radius 1 is 1.07 bits per heavy atom. The summed E-state index contributed by atoms with van der Waals surface area (Å²) in [6, 6.07) is 11.0. The molecule has 1 aromatic carbocycles. The first-order chi connectivity index (χ1) is 13.8. The lowest BCUT2D eigenvalue weighted by Crippen LogP contribution is -2.30. The van der Waals surface area contributed by atoms with Gasteiger partial charge in [0.25, 0.3) is 0 Å². The standard InChI is InChI=1S/C20H27N5O3S/c1-5-24(6-2)29(26,27)18-11-12-19-22-23-20(25(19)14-18)21-13-16-7-9-17(10-8-16)28-15(3)4/h7-12,14-15H,5-6,13H2,1-4H3,(H,21,23). The van der Waals surface area contributed by atoms with Crippen LogP contribution >= 0.6 is 0 Å². The predicted molar refractivity (Wildman–Crippen MR) is 113 cm³/mol. The molecule has 0 aliphatic carbocycles. The molecule has 0 amide bonds. The molecule has 29 heavy (non-hydrogen) atoms. The van der Waals surface area contributed by atoms with Gasteiger partial charge in [-0.15, -0.1) is 10.2 Å². The minimum Gasteiger partial charge on any atom is -0.491 e. The van der Waals surface area contributed by atoms with Crippen molar-refractivity contribution in [1.29, 1.82) is 0 Å². The van der Waals surface area contributed by atoms with Gasteiger partial charge in [-0.05, 0) is 43.7 Å². The van der Waals surface area contributed by atoms with Crippen LogP contribution in [0.25, 0.3) is 5.65 Å². The minimum atomic E-state index is -3.55. The Hall–Kier alpha value is -2.65. The van der Waals surface area contributed by atoms with E-state index in [-0.39, 0.29) is 11.0 Å². The molecule has 0 saturated carbocycles. The maximum absolute atomic E-state index is 12.8. The second-order valence-corrected chi connectivity index (χ2v) is 8.81. The maximum atomic E-state index is 12.8. The Balaban J connectivity index is 1.80. The second-order valence-electron chi connectivity index (χ2n) is 6.87. The second kappa shape index (κ2) is 8.79. The molecule has 3 aromatic rings. The van der Waals surface area contributed by atoms with Crippen LogP contribution < -0.4 is 10.1 Å². The van der Waals surface area contributed by atoms with E-state index in [0.29, 0.717) is 31.2 Å². The number of rotatable bonds is 9. The summed E-state index contributed by atoms with van der Waals surface area (Å²) in [5.74, 6) is 1.31. The zero-order valence-electron chi connectivity index (χ0n) is 17.2. The first-order valence-corrected chi connectivity index (χ1v) is 11.1. The van der Waals surface area contributed by atoms with Crippen LogP contribution in [0.3, 0.4) is 0 Å². The fraction of sp³-hybridized carbons (Fsp3) is 0.400. The molecule has 0 atom stereocenters. The van der Waals surface area contributed by atoms with Crippen LogP contribution in [0, 0.1) is 0 Å². The monoisotopic (exact) mass is 417 g/mol. The van der Waals surface area contributed by atoms with E-state index in [1.807, 2.05) is 52.0 Å². The van der Waals surface area contributed by atoms with Crippen LogP contribution in [-0.2, 0) is 16.6 Å². The van der Waals surface area contributed by atoms with Crippen molar-refractivity contribution < 1.29 is 13.2 Å². The number of anilines is 1. The van der Waals surface area contributed by atoms with Crippen molar-refractivity contribution in [2.75, 3.05) is 18.4 Å². The van der Waals surface area contributed by atoms with Crippen molar-refractivity contribution in [2.45, 2.75) is 45.2 Å². The third-order valence-corrected chi connectivity index (χ3v) is 6.50. The molecule has 3 rings (SSSR count). The number of hydrogen-bond acceptors (Lipinski definition) is 6. The van der Waals surface area contributed by atoms with Crippen LogP contribution in [0.4, 0.5) is 5.95 Å². The third-order valence-electron chi connectivity index (χ3n) is 4.46. The molecule has 0 spiro atoms. The van der Waals surface area contributed by atoms with E-state index in [0.717, 1.165) is 11.3 Å². The highest BCUT2D eigenvalue weighted by Gasteiger charge is 2.22. The van der Waals surface area contributed by atoms with E-state index in [1.54, 1.807) is 22.7 Å². The minimum absolute atomic E-state index is 0.128. The summed E-state index contributed by atoms with van der Waals surface area (Å²) >= 11 is 0. The van der Waals surface area contributed by atoms with E-state index in [1.165, 1.54) is 4.31 Å². The topological polar surface area (TPSA) is 88.8 Å². The number of pyridine rings is 1. The van der Waals surface area contributed by atoms with Crippen molar-refractivity contribution in [3.05, 3.63) is 48.2 Å². The molecule has 2 heterocycles. The molecule has 0 saturated heterocycles. The van der Waals surface area contributed by atoms with Crippen LogP contribution in [-0.4, -0.2) is 46.5 Å². The van der Waals surface area contributed by atoms with Gasteiger partial charge in [0.2, 0.25) is 16.0 Å². The van der Waals surface area contributed by atoms with Crippen LogP contribution in [0.2, 0.25) is 0 Å². The lowest BCUT2D eigenvalue weighted by Gasteiger charge is -2.18. The SMILES string of the molecule is CCN(CC)S(=O)(=O)c1ccc2nnc(NCc3ccc(OC(C)C)cc3)n2c1. The number of hydrogen-bond donors (Lipinski definition) is 1. The van der Waals surface area contributed by atoms with E-state index >= 15 is 0 Å². The number of nitrogens with zero attached hydrogens (tertiary/aromatic N) is 4. The molecule has 9 heteroatoms. The molecule has 0 fully saturated rings. The van der Waals surface area contributed by atoms with Crippen molar-refractivity contribution in [2.24, 2.45) is 0 Å². The summed E-state index contributed by atoms with van der Waals surface area (Å²) in [6.07, 6.45) is 1.69. The van der Waals surface area contributed by atoms with Crippen LogP contribution in [0.15, 0.2) is 47.5 Å². The van der Waals surface area contributed by atoms with Gasteiger partial charge in [0.1, 0.15) is 5.75 Å². The van der Waals surface area contributed by atoms with Crippen molar-refractivity contribution >= 4 is 21.6 Å². The average molecular weight is 418 g/mol. The number of ether oxygens (including phenoxy) is 1. The van der Waals surface area contributed by atoms with Gasteiger partial charge >= 0.3 is 0 Å². The highest BCUT2D eigenvalue weighted by molar-refractivity contribution is 7.89. The number of fused-ring (bicyclic) bond motifs is 1. The molecule has 0 bridgehead atoms. The van der Waals surface area contributed by atoms with Gasteiger partial charge in [-0.3, -0.25) is 4.40 Å². The molecule has 0 aliphatic heterocycles. The Kier molecular flexibility index (Phi) is 6.39. The lowest BCUT2D eigenvalue weighted by molar-refractivity contribution is 0.242. The third kappa shape index (κ3) is 4.68. The Morgan fingerprint density at radius 2 is 1.76 bits per heavy atom. The van der Waals surface area contributed by atoms with Gasteiger partial charge in [0.15, 0.2) is 5.65 Å². The van der Waals surface area contributed by atoms with E-state index in [4.69, 9.17) is 4.74 Å². The molecule has 8 nitrogen and oxygen atoms in total. The highest BCUT2D eigenvalue weighted by Crippen LogP contribution is 2.19. The fourth-order valence-corrected chi connectivity index (χ4v) is 4.45. The summed E-state index contributed by atoms with van der Waals surface area (Å²) in [5, 5.41) is 11.5. The summed E-state index contributed by atoms with van der Waals surface area (Å²) < 4.78 is 34.3. The van der Waals surface area contributed by atoms with Crippen molar-refractivity contribution in [1.82, 2.24) is 18.9 Å². The zero-order chi connectivity index (χ0) is 21.0. The summed E-state index contributed by atoms with van der Waals surface area (Å²) in [5.41, 5.74) is 1.62. The molecular weight excluding hydrogens is 390 g/mol.